The van der Waals surface area contributed by atoms with Gasteiger partial charge in [0.05, 0.1) is 0 Å². The van der Waals surface area contributed by atoms with Crippen molar-refractivity contribution in [2.24, 2.45) is 0 Å². The van der Waals surface area contributed by atoms with Crippen LogP contribution in [0.4, 0.5) is 0 Å². The predicted octanol–water partition coefficient (Wildman–Crippen LogP) is 4.33. The van der Waals surface area contributed by atoms with Crippen LogP contribution in [0.2, 0.25) is 0 Å². The zero-order chi connectivity index (χ0) is 13.8. The van der Waals surface area contributed by atoms with Crippen molar-refractivity contribution >= 4 is 21.7 Å². The number of aryl methyl sites for hydroxylation is 1. The van der Waals surface area contributed by atoms with Crippen molar-refractivity contribution in [3.05, 3.63) is 63.6 Å². The van der Waals surface area contributed by atoms with Crippen LogP contribution < -0.4 is 4.74 Å². The number of hydrogen-bond acceptors (Lipinski definition) is 2. The molecule has 0 unspecified atom stereocenters. The Hall–Kier alpha value is -1.61. The van der Waals surface area contributed by atoms with E-state index in [-0.39, 0.29) is 12.4 Å². The Kier molecular flexibility index (Phi) is 4.38. The maximum Gasteiger partial charge on any atom is 0.201 e. The van der Waals surface area contributed by atoms with Gasteiger partial charge in [0.25, 0.3) is 0 Å². The van der Waals surface area contributed by atoms with Crippen LogP contribution in [0.15, 0.2) is 46.9 Å². The van der Waals surface area contributed by atoms with Crippen LogP contribution in [0.3, 0.4) is 0 Å². The summed E-state index contributed by atoms with van der Waals surface area (Å²) in [6.07, 6.45) is 0. The maximum absolute atomic E-state index is 12.1. The van der Waals surface area contributed by atoms with Crippen LogP contribution >= 0.6 is 15.9 Å². The van der Waals surface area contributed by atoms with Crippen molar-refractivity contribution in [2.45, 2.75) is 13.8 Å². The first-order valence-electron chi connectivity index (χ1n) is 6.06. The molecule has 0 aromatic heterocycles. The first kappa shape index (κ1) is 13.8. The lowest BCUT2D eigenvalue weighted by Gasteiger charge is -2.10. The summed E-state index contributed by atoms with van der Waals surface area (Å²) < 4.78 is 6.41. The Morgan fingerprint density at radius 1 is 1.11 bits per heavy atom. The summed E-state index contributed by atoms with van der Waals surface area (Å²) in [5.41, 5.74) is 2.88. The number of carbonyl (C=O) groups excluding carboxylic acids is 1. The van der Waals surface area contributed by atoms with Crippen LogP contribution in [-0.2, 0) is 0 Å². The molecule has 0 saturated heterocycles. The van der Waals surface area contributed by atoms with Gasteiger partial charge < -0.3 is 4.74 Å². The molecule has 0 aliphatic carbocycles. The van der Waals surface area contributed by atoms with Crippen molar-refractivity contribution in [3.8, 4) is 5.75 Å². The maximum atomic E-state index is 12.1. The summed E-state index contributed by atoms with van der Waals surface area (Å²) in [6, 6.07) is 13.2. The lowest BCUT2D eigenvalue weighted by atomic mass is 10.1. The second-order valence-electron chi connectivity index (χ2n) is 4.39. The largest absolute Gasteiger partial charge is 0.485 e. The van der Waals surface area contributed by atoms with Crippen molar-refractivity contribution in [3.63, 3.8) is 0 Å². The Labute approximate surface area is 121 Å². The normalized spacial score (nSPS) is 10.3. The van der Waals surface area contributed by atoms with Crippen LogP contribution in [0, 0.1) is 13.8 Å². The number of ketones is 1. The minimum atomic E-state index is -0.0339. The molecule has 0 aliphatic rings. The molecule has 0 radical (unpaired) electrons. The van der Waals surface area contributed by atoms with Crippen molar-refractivity contribution < 1.29 is 9.53 Å². The smallest absolute Gasteiger partial charge is 0.201 e. The Morgan fingerprint density at radius 3 is 2.58 bits per heavy atom. The summed E-state index contributed by atoms with van der Waals surface area (Å²) in [6.45, 7) is 4.07. The fraction of sp³-hybridized carbons (Fsp3) is 0.188. The van der Waals surface area contributed by atoms with Crippen LogP contribution in [0.1, 0.15) is 21.5 Å². The predicted molar refractivity (Wildman–Crippen MR) is 79.9 cm³/mol. The lowest BCUT2D eigenvalue weighted by Crippen LogP contribution is -2.12. The van der Waals surface area contributed by atoms with Gasteiger partial charge in [-0.3, -0.25) is 4.79 Å². The average Bonchev–Trinajstić information content (AvgIpc) is 2.40. The van der Waals surface area contributed by atoms with E-state index in [1.54, 1.807) is 6.07 Å². The fourth-order valence-electron chi connectivity index (χ4n) is 1.79. The quantitative estimate of drug-likeness (QED) is 0.784. The molecule has 0 spiro atoms. The highest BCUT2D eigenvalue weighted by Crippen LogP contribution is 2.21. The summed E-state index contributed by atoms with van der Waals surface area (Å²) >= 11 is 3.37. The van der Waals surface area contributed by atoms with Crippen molar-refractivity contribution in [2.75, 3.05) is 6.61 Å². The van der Waals surface area contributed by atoms with Gasteiger partial charge in [0, 0.05) is 10.0 Å². The molecule has 2 nitrogen and oxygen atoms in total. The standard InChI is InChI=1S/C16H15BrO2/c1-11-6-5-9-16(12(11)2)19-10-15(18)13-7-3-4-8-14(13)17/h3-9H,10H2,1-2H3. The van der Waals surface area contributed by atoms with Gasteiger partial charge in [-0.15, -0.1) is 0 Å². The molecule has 0 N–H and O–H groups in total. The Balaban J connectivity index is 2.09. The molecule has 19 heavy (non-hydrogen) atoms. The van der Waals surface area contributed by atoms with E-state index < -0.39 is 0 Å². The monoisotopic (exact) mass is 318 g/mol. The van der Waals surface area contributed by atoms with E-state index in [0.29, 0.717) is 5.56 Å². The molecule has 0 amide bonds. The topological polar surface area (TPSA) is 26.3 Å². The second kappa shape index (κ2) is 6.02. The van der Waals surface area contributed by atoms with E-state index in [4.69, 9.17) is 4.74 Å². The first-order valence-corrected chi connectivity index (χ1v) is 6.85. The van der Waals surface area contributed by atoms with Crippen molar-refractivity contribution in [1.82, 2.24) is 0 Å². The highest BCUT2D eigenvalue weighted by molar-refractivity contribution is 9.10. The van der Waals surface area contributed by atoms with Gasteiger partial charge >= 0.3 is 0 Å². The Bertz CT molecular complexity index is 605. The Morgan fingerprint density at radius 2 is 1.84 bits per heavy atom. The fourth-order valence-corrected chi connectivity index (χ4v) is 2.29. The third-order valence-corrected chi connectivity index (χ3v) is 3.78. The molecular weight excluding hydrogens is 304 g/mol. The minimum absolute atomic E-state index is 0.0339. The second-order valence-corrected chi connectivity index (χ2v) is 5.24. The van der Waals surface area contributed by atoms with Crippen molar-refractivity contribution in [1.29, 1.82) is 0 Å². The molecule has 2 rings (SSSR count). The van der Waals surface area contributed by atoms with Gasteiger partial charge in [-0.05, 0) is 37.1 Å². The lowest BCUT2D eigenvalue weighted by molar-refractivity contribution is 0.0920. The minimum Gasteiger partial charge on any atom is -0.485 e. The average molecular weight is 319 g/mol. The number of halogens is 1. The summed E-state index contributed by atoms with van der Waals surface area (Å²) in [5, 5.41) is 0. The molecule has 0 fully saturated rings. The van der Waals surface area contributed by atoms with Crippen LogP contribution in [-0.4, -0.2) is 12.4 Å². The summed E-state index contributed by atoms with van der Waals surface area (Å²) in [5.74, 6) is 0.730. The number of carbonyl (C=O) groups is 1. The number of Topliss-reactive ketones (excluding diaryl/α,β-unsaturated/α-hetero) is 1. The summed E-state index contributed by atoms with van der Waals surface area (Å²) in [7, 11) is 0. The molecule has 0 bridgehead atoms. The van der Waals surface area contributed by atoms with E-state index in [1.165, 1.54) is 0 Å². The van der Waals surface area contributed by atoms with E-state index in [1.807, 2.05) is 50.2 Å². The molecule has 0 aliphatic heterocycles. The van der Waals surface area contributed by atoms with Crippen LogP contribution in [0.5, 0.6) is 5.75 Å². The summed E-state index contributed by atoms with van der Waals surface area (Å²) in [4.78, 5) is 12.1. The number of ether oxygens (including phenoxy) is 1. The highest BCUT2D eigenvalue weighted by atomic mass is 79.9. The van der Waals surface area contributed by atoms with Gasteiger partial charge in [-0.25, -0.2) is 0 Å². The van der Waals surface area contributed by atoms with Gasteiger partial charge in [0.15, 0.2) is 6.61 Å². The molecule has 0 heterocycles. The van der Waals surface area contributed by atoms with E-state index in [9.17, 15) is 4.79 Å². The number of benzene rings is 2. The zero-order valence-corrected chi connectivity index (χ0v) is 12.5. The highest BCUT2D eigenvalue weighted by Gasteiger charge is 2.11. The SMILES string of the molecule is Cc1cccc(OCC(=O)c2ccccc2Br)c1C. The molecule has 0 atom stereocenters. The molecule has 98 valence electrons. The van der Waals surface area contributed by atoms with Gasteiger partial charge in [-0.2, -0.15) is 0 Å². The first-order chi connectivity index (χ1) is 9.09. The van der Waals surface area contributed by atoms with Crippen LogP contribution in [0.25, 0.3) is 0 Å². The third-order valence-electron chi connectivity index (χ3n) is 3.09. The molecule has 0 saturated carbocycles. The molecule has 2 aromatic rings. The van der Waals surface area contributed by atoms with E-state index >= 15 is 0 Å². The number of rotatable bonds is 4. The van der Waals surface area contributed by atoms with Gasteiger partial charge in [0.1, 0.15) is 5.75 Å². The zero-order valence-electron chi connectivity index (χ0n) is 10.9. The van der Waals surface area contributed by atoms with E-state index in [0.717, 1.165) is 21.3 Å². The molecule has 2 aromatic carbocycles. The molecular formula is C16H15BrO2. The van der Waals surface area contributed by atoms with Gasteiger partial charge in [0.2, 0.25) is 5.78 Å². The number of hydrogen-bond donors (Lipinski definition) is 0. The van der Waals surface area contributed by atoms with Gasteiger partial charge in [-0.1, -0.05) is 46.3 Å². The van der Waals surface area contributed by atoms with E-state index in [2.05, 4.69) is 15.9 Å². The molecule has 3 heteroatoms. The third kappa shape index (κ3) is 3.24.